The molecule has 0 saturated carbocycles. The number of rotatable bonds is 5. The molecule has 0 bridgehead atoms. The number of aryl methyl sites for hydroxylation is 2. The van der Waals surface area contributed by atoms with E-state index in [0.717, 1.165) is 16.9 Å². The van der Waals surface area contributed by atoms with Gasteiger partial charge in [-0.3, -0.25) is 4.79 Å². The van der Waals surface area contributed by atoms with E-state index in [9.17, 15) is 9.59 Å². The van der Waals surface area contributed by atoms with Gasteiger partial charge in [-0.2, -0.15) is 0 Å². The second-order valence-corrected chi connectivity index (χ2v) is 5.75. The summed E-state index contributed by atoms with van der Waals surface area (Å²) in [6, 6.07) is 1.84. The lowest BCUT2D eigenvalue weighted by Gasteiger charge is -2.24. The van der Waals surface area contributed by atoms with Gasteiger partial charge in [-0.1, -0.05) is 13.8 Å². The summed E-state index contributed by atoms with van der Waals surface area (Å²) in [4.78, 5) is 24.9. The zero-order valence-electron chi connectivity index (χ0n) is 11.2. The van der Waals surface area contributed by atoms with Gasteiger partial charge in [0.1, 0.15) is 5.54 Å². The highest BCUT2D eigenvalue weighted by Crippen LogP contribution is 2.23. The minimum Gasteiger partial charge on any atom is -0.480 e. The smallest absolute Gasteiger partial charge is 0.329 e. The van der Waals surface area contributed by atoms with E-state index in [1.807, 2.05) is 19.9 Å². The Balaban J connectivity index is 2.91. The van der Waals surface area contributed by atoms with Gasteiger partial charge in [-0.15, -0.1) is 11.3 Å². The summed E-state index contributed by atoms with van der Waals surface area (Å²) in [6.45, 7) is 7.26. The number of carboxylic acids is 1. The fourth-order valence-corrected chi connectivity index (χ4v) is 2.60. The number of aliphatic carboxylic acids is 1. The molecule has 0 saturated heterocycles. The standard InChI is InChI=1S/C13H19NO3S/c1-5-9-7-10(18-8(9)3)11(15)14-13(4,6-2)12(16)17/h7H,5-6H2,1-4H3,(H,14,15)(H,16,17). The van der Waals surface area contributed by atoms with Gasteiger partial charge >= 0.3 is 5.97 Å². The summed E-state index contributed by atoms with van der Waals surface area (Å²) in [6.07, 6.45) is 1.22. The molecule has 18 heavy (non-hydrogen) atoms. The van der Waals surface area contributed by atoms with E-state index in [-0.39, 0.29) is 5.91 Å². The van der Waals surface area contributed by atoms with Gasteiger partial charge in [0.05, 0.1) is 4.88 Å². The molecule has 1 aromatic rings. The second-order valence-electron chi connectivity index (χ2n) is 4.49. The van der Waals surface area contributed by atoms with Crippen LogP contribution in [0.2, 0.25) is 0 Å². The maximum Gasteiger partial charge on any atom is 0.329 e. The van der Waals surface area contributed by atoms with Crippen molar-refractivity contribution >= 4 is 23.2 Å². The van der Waals surface area contributed by atoms with Crippen LogP contribution in [0.3, 0.4) is 0 Å². The fourth-order valence-electron chi connectivity index (χ4n) is 1.59. The number of amides is 1. The van der Waals surface area contributed by atoms with Crippen molar-refractivity contribution < 1.29 is 14.7 Å². The summed E-state index contributed by atoms with van der Waals surface area (Å²) in [5, 5.41) is 11.7. The summed E-state index contributed by atoms with van der Waals surface area (Å²) >= 11 is 1.40. The molecule has 1 amide bonds. The number of nitrogens with one attached hydrogen (secondary N) is 1. The quantitative estimate of drug-likeness (QED) is 0.863. The number of hydrogen-bond donors (Lipinski definition) is 2. The minimum atomic E-state index is -1.21. The molecule has 0 radical (unpaired) electrons. The molecule has 4 nitrogen and oxygen atoms in total. The molecule has 0 aliphatic carbocycles. The summed E-state index contributed by atoms with van der Waals surface area (Å²) < 4.78 is 0. The Morgan fingerprint density at radius 2 is 2.06 bits per heavy atom. The van der Waals surface area contributed by atoms with Crippen LogP contribution in [0.15, 0.2) is 6.07 Å². The van der Waals surface area contributed by atoms with Crippen LogP contribution in [-0.2, 0) is 11.2 Å². The van der Waals surface area contributed by atoms with Gasteiger partial charge < -0.3 is 10.4 Å². The molecule has 0 aliphatic rings. The molecule has 1 rings (SSSR count). The third-order valence-corrected chi connectivity index (χ3v) is 4.29. The number of carbonyl (C=O) groups is 2. The molecule has 0 aliphatic heterocycles. The summed E-state index contributed by atoms with van der Waals surface area (Å²) in [7, 11) is 0. The zero-order valence-corrected chi connectivity index (χ0v) is 12.0. The van der Waals surface area contributed by atoms with Crippen LogP contribution in [0.25, 0.3) is 0 Å². The molecule has 5 heteroatoms. The number of thiophene rings is 1. The first kappa shape index (κ1) is 14.7. The van der Waals surface area contributed by atoms with Crippen molar-refractivity contribution in [1.29, 1.82) is 0 Å². The van der Waals surface area contributed by atoms with Crippen LogP contribution < -0.4 is 5.32 Å². The topological polar surface area (TPSA) is 66.4 Å². The highest BCUT2D eigenvalue weighted by Gasteiger charge is 2.33. The molecule has 1 unspecified atom stereocenters. The van der Waals surface area contributed by atoms with Gasteiger partial charge in [0.2, 0.25) is 0 Å². The average molecular weight is 269 g/mol. The largest absolute Gasteiger partial charge is 0.480 e. The van der Waals surface area contributed by atoms with E-state index < -0.39 is 11.5 Å². The van der Waals surface area contributed by atoms with E-state index in [0.29, 0.717) is 11.3 Å². The van der Waals surface area contributed by atoms with Crippen molar-refractivity contribution in [2.45, 2.75) is 46.1 Å². The minimum absolute atomic E-state index is 0.311. The Hall–Kier alpha value is -1.36. The Morgan fingerprint density at radius 3 is 2.44 bits per heavy atom. The summed E-state index contributed by atoms with van der Waals surface area (Å²) in [5.74, 6) is -1.32. The van der Waals surface area contributed by atoms with E-state index >= 15 is 0 Å². The van der Waals surface area contributed by atoms with Gasteiger partial charge in [-0.05, 0) is 38.3 Å². The van der Waals surface area contributed by atoms with Crippen LogP contribution in [0.4, 0.5) is 0 Å². The number of carbonyl (C=O) groups excluding carboxylic acids is 1. The van der Waals surface area contributed by atoms with E-state index in [1.54, 1.807) is 6.92 Å². The van der Waals surface area contributed by atoms with Crippen molar-refractivity contribution in [2.75, 3.05) is 0 Å². The van der Waals surface area contributed by atoms with Crippen LogP contribution in [0.1, 0.15) is 47.3 Å². The van der Waals surface area contributed by atoms with Crippen molar-refractivity contribution in [1.82, 2.24) is 5.32 Å². The maximum absolute atomic E-state index is 12.0. The van der Waals surface area contributed by atoms with Crippen LogP contribution >= 0.6 is 11.3 Å². The molecular weight excluding hydrogens is 250 g/mol. The Labute approximate surface area is 111 Å². The first-order valence-corrected chi connectivity index (χ1v) is 6.81. The Morgan fingerprint density at radius 1 is 1.44 bits per heavy atom. The lowest BCUT2D eigenvalue weighted by atomic mass is 9.99. The fraction of sp³-hybridized carbons (Fsp3) is 0.538. The van der Waals surface area contributed by atoms with Crippen LogP contribution in [-0.4, -0.2) is 22.5 Å². The lowest BCUT2D eigenvalue weighted by Crippen LogP contribution is -2.51. The van der Waals surface area contributed by atoms with Gasteiger partial charge in [0.15, 0.2) is 0 Å². The third-order valence-electron chi connectivity index (χ3n) is 3.19. The number of carboxylic acid groups (broad SMARTS) is 1. The Bertz CT molecular complexity index is 467. The molecule has 1 aromatic heterocycles. The summed E-state index contributed by atoms with van der Waals surface area (Å²) in [5.41, 5.74) is -0.0693. The first-order chi connectivity index (χ1) is 8.34. The molecule has 100 valence electrons. The number of hydrogen-bond acceptors (Lipinski definition) is 3. The maximum atomic E-state index is 12.0. The monoisotopic (exact) mass is 269 g/mol. The molecule has 0 spiro atoms. The van der Waals surface area contributed by atoms with E-state index in [1.165, 1.54) is 18.3 Å². The third kappa shape index (κ3) is 2.90. The molecular formula is C13H19NO3S. The van der Waals surface area contributed by atoms with Crippen molar-refractivity contribution in [3.8, 4) is 0 Å². The molecule has 1 heterocycles. The molecule has 0 fully saturated rings. The molecule has 1 atom stereocenters. The lowest BCUT2D eigenvalue weighted by molar-refractivity contribution is -0.143. The zero-order chi connectivity index (χ0) is 13.9. The van der Waals surface area contributed by atoms with Gasteiger partial charge in [0, 0.05) is 4.88 Å². The molecule has 2 N–H and O–H groups in total. The normalized spacial score (nSPS) is 14.0. The first-order valence-electron chi connectivity index (χ1n) is 5.99. The van der Waals surface area contributed by atoms with Crippen LogP contribution in [0, 0.1) is 6.92 Å². The SMILES string of the molecule is CCc1cc(C(=O)NC(C)(CC)C(=O)O)sc1C. The van der Waals surface area contributed by atoms with Gasteiger partial charge in [-0.25, -0.2) is 4.79 Å². The second kappa shape index (κ2) is 5.52. The van der Waals surface area contributed by atoms with Crippen molar-refractivity contribution in [3.05, 3.63) is 21.4 Å². The predicted molar refractivity (Wildman–Crippen MR) is 72.2 cm³/mol. The van der Waals surface area contributed by atoms with Crippen molar-refractivity contribution in [2.24, 2.45) is 0 Å². The highest BCUT2D eigenvalue weighted by atomic mass is 32.1. The highest BCUT2D eigenvalue weighted by molar-refractivity contribution is 7.14. The van der Waals surface area contributed by atoms with Crippen LogP contribution in [0.5, 0.6) is 0 Å². The molecule has 0 aromatic carbocycles. The average Bonchev–Trinajstić information content (AvgIpc) is 2.70. The Kier molecular flexibility index (Phi) is 4.51. The van der Waals surface area contributed by atoms with E-state index in [4.69, 9.17) is 5.11 Å². The van der Waals surface area contributed by atoms with E-state index in [2.05, 4.69) is 5.32 Å². The van der Waals surface area contributed by atoms with Crippen molar-refractivity contribution in [3.63, 3.8) is 0 Å². The van der Waals surface area contributed by atoms with Gasteiger partial charge in [0.25, 0.3) is 5.91 Å². The predicted octanol–water partition coefficient (Wildman–Crippen LogP) is 2.60.